The maximum Gasteiger partial charge on any atom is 0.123 e. The van der Waals surface area contributed by atoms with E-state index in [0.29, 0.717) is 11.8 Å². The van der Waals surface area contributed by atoms with Gasteiger partial charge in [-0.15, -0.1) is 0 Å². The number of halogens is 1. The number of rotatable bonds is 6. The van der Waals surface area contributed by atoms with E-state index in [2.05, 4.69) is 38.1 Å². The zero-order valence-electron chi connectivity index (χ0n) is 19.0. The summed E-state index contributed by atoms with van der Waals surface area (Å²) in [7, 11) is 0. The lowest BCUT2D eigenvalue weighted by Crippen LogP contribution is -2.18. The van der Waals surface area contributed by atoms with Gasteiger partial charge in [0.15, 0.2) is 0 Å². The molecular weight excluding hydrogens is 367 g/mol. The molecule has 0 nitrogen and oxygen atoms in total. The van der Waals surface area contributed by atoms with Gasteiger partial charge < -0.3 is 0 Å². The van der Waals surface area contributed by atoms with Gasteiger partial charge >= 0.3 is 0 Å². The molecule has 0 N–H and O–H groups in total. The molecule has 0 radical (unpaired) electrons. The molecule has 2 aliphatic rings. The Morgan fingerprint density at radius 1 is 0.733 bits per heavy atom. The molecular formula is C29H39F. The number of benzene rings is 2. The molecule has 0 amide bonds. The van der Waals surface area contributed by atoms with Crippen molar-refractivity contribution in [1.82, 2.24) is 0 Å². The first-order chi connectivity index (χ1) is 14.6. The largest absolute Gasteiger partial charge is 0.207 e. The van der Waals surface area contributed by atoms with Gasteiger partial charge in [0.2, 0.25) is 0 Å². The molecule has 2 fully saturated rings. The first-order valence-corrected chi connectivity index (χ1v) is 12.5. The van der Waals surface area contributed by atoms with Gasteiger partial charge in [-0.1, -0.05) is 63.1 Å². The Hall–Kier alpha value is -1.63. The van der Waals surface area contributed by atoms with Crippen molar-refractivity contribution in [3.8, 4) is 0 Å². The van der Waals surface area contributed by atoms with Crippen LogP contribution in [0.3, 0.4) is 0 Å². The lowest BCUT2D eigenvalue weighted by molar-refractivity contribution is 0.290. The summed E-state index contributed by atoms with van der Waals surface area (Å²) in [5.74, 6) is 3.66. The van der Waals surface area contributed by atoms with E-state index in [9.17, 15) is 4.39 Å². The molecule has 162 valence electrons. The van der Waals surface area contributed by atoms with Crippen LogP contribution in [0.2, 0.25) is 0 Å². The van der Waals surface area contributed by atoms with Crippen LogP contribution in [-0.2, 0) is 0 Å². The monoisotopic (exact) mass is 406 g/mol. The van der Waals surface area contributed by atoms with E-state index in [4.69, 9.17) is 0 Å². The highest BCUT2D eigenvalue weighted by Crippen LogP contribution is 2.42. The molecule has 0 heterocycles. The average Bonchev–Trinajstić information content (AvgIpc) is 2.80. The van der Waals surface area contributed by atoms with Gasteiger partial charge in [0.25, 0.3) is 0 Å². The molecule has 30 heavy (non-hydrogen) atoms. The molecule has 0 saturated heterocycles. The maximum absolute atomic E-state index is 13.2. The summed E-state index contributed by atoms with van der Waals surface area (Å²) in [4.78, 5) is 0. The van der Waals surface area contributed by atoms with Gasteiger partial charge in [0, 0.05) is 0 Å². The molecule has 1 heteroatoms. The van der Waals surface area contributed by atoms with E-state index in [1.807, 2.05) is 12.1 Å². The molecule has 2 saturated carbocycles. The lowest BCUT2D eigenvalue weighted by atomic mass is 9.72. The fourth-order valence-corrected chi connectivity index (χ4v) is 6.22. The normalized spacial score (nSPS) is 28.2. The first kappa shape index (κ1) is 21.6. The third-order valence-corrected chi connectivity index (χ3v) is 8.30. The third-order valence-electron chi connectivity index (χ3n) is 8.30. The zero-order chi connectivity index (χ0) is 20.9. The Labute approximate surface area is 183 Å². The summed E-state index contributed by atoms with van der Waals surface area (Å²) in [6.07, 6.45) is 13.4. The van der Waals surface area contributed by atoms with Crippen LogP contribution in [0.15, 0.2) is 48.5 Å². The molecule has 2 aromatic rings. The van der Waals surface area contributed by atoms with Crippen molar-refractivity contribution in [2.24, 2.45) is 11.8 Å². The van der Waals surface area contributed by atoms with Crippen LogP contribution in [0.4, 0.5) is 4.39 Å². The van der Waals surface area contributed by atoms with Gasteiger partial charge in [-0.2, -0.15) is 0 Å². The molecule has 1 atom stereocenters. The second-order valence-electron chi connectivity index (χ2n) is 10.1. The predicted octanol–water partition coefficient (Wildman–Crippen LogP) is 8.98. The van der Waals surface area contributed by atoms with Crippen molar-refractivity contribution in [3.63, 3.8) is 0 Å². The minimum absolute atomic E-state index is 0.126. The SMILES string of the molecule is CCCC1CCC(c2ccc(C(C)C3CCC(c4ccc(F)cc4)CC3)cc2)CC1. The Morgan fingerprint density at radius 3 is 1.77 bits per heavy atom. The average molecular weight is 407 g/mol. The topological polar surface area (TPSA) is 0 Å². The van der Waals surface area contributed by atoms with Crippen molar-refractivity contribution in [2.75, 3.05) is 0 Å². The maximum atomic E-state index is 13.2. The fraction of sp³-hybridized carbons (Fsp3) is 0.586. The highest BCUT2D eigenvalue weighted by molar-refractivity contribution is 5.28. The van der Waals surface area contributed by atoms with Crippen LogP contribution in [-0.4, -0.2) is 0 Å². The Kier molecular flexibility index (Phi) is 7.28. The second kappa shape index (κ2) is 10.1. The van der Waals surface area contributed by atoms with Crippen LogP contribution in [0.25, 0.3) is 0 Å². The van der Waals surface area contributed by atoms with Crippen molar-refractivity contribution < 1.29 is 4.39 Å². The molecule has 2 aromatic carbocycles. The van der Waals surface area contributed by atoms with E-state index in [0.717, 1.165) is 17.8 Å². The van der Waals surface area contributed by atoms with Crippen LogP contribution < -0.4 is 0 Å². The molecule has 0 bridgehead atoms. The summed E-state index contributed by atoms with van der Waals surface area (Å²) in [6.45, 7) is 4.75. The summed E-state index contributed by atoms with van der Waals surface area (Å²) >= 11 is 0. The fourth-order valence-electron chi connectivity index (χ4n) is 6.22. The molecule has 0 aliphatic heterocycles. The summed E-state index contributed by atoms with van der Waals surface area (Å²) < 4.78 is 13.2. The van der Waals surface area contributed by atoms with Crippen LogP contribution >= 0.6 is 0 Å². The zero-order valence-corrected chi connectivity index (χ0v) is 19.0. The van der Waals surface area contributed by atoms with Crippen molar-refractivity contribution >= 4 is 0 Å². The van der Waals surface area contributed by atoms with Crippen LogP contribution in [0.5, 0.6) is 0 Å². The first-order valence-electron chi connectivity index (χ1n) is 12.5. The Bertz CT molecular complexity index is 759. The highest BCUT2D eigenvalue weighted by Gasteiger charge is 2.27. The number of hydrogen-bond acceptors (Lipinski definition) is 0. The lowest BCUT2D eigenvalue weighted by Gasteiger charge is -2.33. The van der Waals surface area contributed by atoms with Crippen molar-refractivity contribution in [3.05, 3.63) is 71.0 Å². The summed E-state index contributed by atoms with van der Waals surface area (Å²) in [5, 5.41) is 0. The minimum Gasteiger partial charge on any atom is -0.207 e. The highest BCUT2D eigenvalue weighted by atomic mass is 19.1. The van der Waals surface area contributed by atoms with Crippen LogP contribution in [0.1, 0.15) is 112 Å². The predicted molar refractivity (Wildman–Crippen MR) is 126 cm³/mol. The van der Waals surface area contributed by atoms with E-state index in [1.54, 1.807) is 17.7 Å². The summed E-state index contributed by atoms with van der Waals surface area (Å²) in [6, 6.07) is 16.9. The molecule has 0 aromatic heterocycles. The van der Waals surface area contributed by atoms with Crippen molar-refractivity contribution in [1.29, 1.82) is 0 Å². The van der Waals surface area contributed by atoms with Crippen LogP contribution in [0, 0.1) is 17.7 Å². The van der Waals surface area contributed by atoms with E-state index in [1.165, 1.54) is 75.3 Å². The minimum atomic E-state index is -0.126. The third kappa shape index (κ3) is 5.16. The number of hydrogen-bond donors (Lipinski definition) is 0. The molecule has 1 unspecified atom stereocenters. The quantitative estimate of drug-likeness (QED) is 0.449. The molecule has 4 rings (SSSR count). The molecule has 0 spiro atoms. The van der Waals surface area contributed by atoms with Gasteiger partial charge in [0.1, 0.15) is 5.82 Å². The smallest absolute Gasteiger partial charge is 0.123 e. The molecule has 2 aliphatic carbocycles. The van der Waals surface area contributed by atoms with Gasteiger partial charge in [-0.3, -0.25) is 0 Å². The van der Waals surface area contributed by atoms with Gasteiger partial charge in [0.05, 0.1) is 0 Å². The Balaban J connectivity index is 1.30. The van der Waals surface area contributed by atoms with Gasteiger partial charge in [-0.05, 0) is 110 Å². The standard InChI is InChI=1S/C29H39F/c1-3-4-22-5-7-25(8-6-22)26-13-9-23(10-14-26)21(2)24-11-15-27(16-12-24)28-17-19-29(30)20-18-28/h9-10,13-14,17-22,24-25,27H,3-8,11-12,15-16H2,1-2H3. The van der Waals surface area contributed by atoms with E-state index >= 15 is 0 Å². The van der Waals surface area contributed by atoms with E-state index < -0.39 is 0 Å². The van der Waals surface area contributed by atoms with Gasteiger partial charge in [-0.25, -0.2) is 4.39 Å². The summed E-state index contributed by atoms with van der Waals surface area (Å²) in [5.41, 5.74) is 4.41. The second-order valence-corrected chi connectivity index (χ2v) is 10.1. The van der Waals surface area contributed by atoms with E-state index in [-0.39, 0.29) is 5.82 Å². The Morgan fingerprint density at radius 2 is 1.23 bits per heavy atom. The van der Waals surface area contributed by atoms with Crippen molar-refractivity contribution in [2.45, 2.75) is 95.8 Å².